The molecule has 164 valence electrons. The standard InChI is InChI=1S/C24H26Cl2N2O3/c25-19-13-18(14-20(26)15-19)23(29)28-10-4-7-22(28)24(30)27-11-8-17(9-12-27)16-31-21-5-2-1-3-6-21/h1-3,5-6,13-15,17,22H,4,7-12,16H2. The minimum absolute atomic E-state index is 0.0430. The van der Waals surface area contributed by atoms with E-state index in [0.717, 1.165) is 25.0 Å². The lowest BCUT2D eigenvalue weighted by atomic mass is 9.97. The van der Waals surface area contributed by atoms with E-state index in [2.05, 4.69) is 0 Å². The maximum Gasteiger partial charge on any atom is 0.254 e. The van der Waals surface area contributed by atoms with Crippen molar-refractivity contribution < 1.29 is 14.3 Å². The third-order valence-electron chi connectivity index (χ3n) is 6.06. The van der Waals surface area contributed by atoms with E-state index in [1.165, 1.54) is 0 Å². The minimum Gasteiger partial charge on any atom is -0.493 e. The van der Waals surface area contributed by atoms with E-state index in [1.807, 2.05) is 35.2 Å². The molecule has 0 N–H and O–H groups in total. The minimum atomic E-state index is -0.414. The van der Waals surface area contributed by atoms with Crippen LogP contribution >= 0.6 is 23.2 Å². The summed E-state index contributed by atoms with van der Waals surface area (Å²) in [5.74, 6) is 1.16. The molecule has 31 heavy (non-hydrogen) atoms. The Bertz CT molecular complexity index is 909. The first-order chi connectivity index (χ1) is 15.0. The van der Waals surface area contributed by atoms with Gasteiger partial charge in [0, 0.05) is 35.2 Å². The van der Waals surface area contributed by atoms with E-state index in [-0.39, 0.29) is 11.8 Å². The van der Waals surface area contributed by atoms with Gasteiger partial charge in [-0.2, -0.15) is 0 Å². The molecule has 2 aromatic carbocycles. The molecule has 0 saturated carbocycles. The SMILES string of the molecule is O=C(C1CCCN1C(=O)c1cc(Cl)cc(Cl)c1)N1CCC(COc2ccccc2)CC1. The molecule has 2 aliphatic heterocycles. The van der Waals surface area contributed by atoms with Gasteiger partial charge >= 0.3 is 0 Å². The van der Waals surface area contributed by atoms with Gasteiger partial charge in [0.25, 0.3) is 5.91 Å². The number of hydrogen-bond acceptors (Lipinski definition) is 3. The molecule has 1 unspecified atom stereocenters. The third kappa shape index (κ3) is 5.34. The first-order valence-electron chi connectivity index (χ1n) is 10.7. The zero-order chi connectivity index (χ0) is 21.8. The van der Waals surface area contributed by atoms with E-state index in [0.29, 0.717) is 54.2 Å². The van der Waals surface area contributed by atoms with Crippen LogP contribution in [0.5, 0.6) is 5.75 Å². The summed E-state index contributed by atoms with van der Waals surface area (Å²) < 4.78 is 5.88. The van der Waals surface area contributed by atoms with E-state index >= 15 is 0 Å². The van der Waals surface area contributed by atoms with Gasteiger partial charge in [-0.3, -0.25) is 9.59 Å². The molecule has 4 rings (SSSR count). The first-order valence-corrected chi connectivity index (χ1v) is 11.5. The topological polar surface area (TPSA) is 49.9 Å². The Hall–Kier alpha value is -2.24. The van der Waals surface area contributed by atoms with Gasteiger partial charge in [0.2, 0.25) is 5.91 Å². The van der Waals surface area contributed by atoms with Crippen molar-refractivity contribution in [2.24, 2.45) is 5.92 Å². The molecule has 2 aliphatic rings. The number of halogens is 2. The van der Waals surface area contributed by atoms with Crippen LogP contribution in [0.25, 0.3) is 0 Å². The van der Waals surface area contributed by atoms with Gasteiger partial charge in [0.15, 0.2) is 0 Å². The number of rotatable bonds is 5. The fourth-order valence-corrected chi connectivity index (χ4v) is 4.90. The van der Waals surface area contributed by atoms with Gasteiger partial charge in [-0.15, -0.1) is 0 Å². The van der Waals surface area contributed by atoms with Gasteiger partial charge in [0.1, 0.15) is 11.8 Å². The van der Waals surface area contributed by atoms with Crippen molar-refractivity contribution in [3.05, 3.63) is 64.1 Å². The second kappa shape index (κ2) is 9.92. The molecular formula is C24H26Cl2N2O3. The maximum atomic E-state index is 13.2. The Balaban J connectivity index is 1.33. The van der Waals surface area contributed by atoms with Crippen molar-refractivity contribution in [2.45, 2.75) is 31.7 Å². The summed E-state index contributed by atoms with van der Waals surface area (Å²) in [6.45, 7) is 2.63. The van der Waals surface area contributed by atoms with Crippen LogP contribution < -0.4 is 4.74 Å². The summed E-state index contributed by atoms with van der Waals surface area (Å²) in [4.78, 5) is 29.8. The van der Waals surface area contributed by atoms with Crippen LogP contribution in [0, 0.1) is 5.92 Å². The zero-order valence-electron chi connectivity index (χ0n) is 17.3. The average Bonchev–Trinajstić information content (AvgIpc) is 3.27. The Morgan fingerprint density at radius 3 is 2.29 bits per heavy atom. The number of benzene rings is 2. The highest BCUT2D eigenvalue weighted by Gasteiger charge is 2.38. The van der Waals surface area contributed by atoms with Crippen molar-refractivity contribution in [1.29, 1.82) is 0 Å². The molecule has 5 nitrogen and oxygen atoms in total. The van der Waals surface area contributed by atoms with Crippen LogP contribution in [0.15, 0.2) is 48.5 Å². The molecule has 0 aromatic heterocycles. The predicted molar refractivity (Wildman–Crippen MR) is 122 cm³/mol. The second-order valence-corrected chi connectivity index (χ2v) is 9.08. The highest BCUT2D eigenvalue weighted by Crippen LogP contribution is 2.27. The van der Waals surface area contributed by atoms with E-state index in [4.69, 9.17) is 27.9 Å². The van der Waals surface area contributed by atoms with Gasteiger partial charge in [0.05, 0.1) is 6.61 Å². The highest BCUT2D eigenvalue weighted by atomic mass is 35.5. The lowest BCUT2D eigenvalue weighted by molar-refractivity contribution is -0.136. The maximum absolute atomic E-state index is 13.2. The molecule has 2 heterocycles. The number of piperidine rings is 1. The monoisotopic (exact) mass is 460 g/mol. The molecule has 2 aromatic rings. The zero-order valence-corrected chi connectivity index (χ0v) is 18.8. The van der Waals surface area contributed by atoms with E-state index < -0.39 is 6.04 Å². The largest absolute Gasteiger partial charge is 0.493 e. The number of ether oxygens (including phenoxy) is 1. The number of carbonyl (C=O) groups is 2. The summed E-state index contributed by atoms with van der Waals surface area (Å²) in [5, 5.41) is 0.829. The molecule has 2 fully saturated rings. The molecular weight excluding hydrogens is 435 g/mol. The Morgan fingerprint density at radius 2 is 1.61 bits per heavy atom. The van der Waals surface area contributed by atoms with Crippen LogP contribution in [0.1, 0.15) is 36.0 Å². The molecule has 0 radical (unpaired) electrons. The molecule has 0 aliphatic carbocycles. The van der Waals surface area contributed by atoms with Crippen molar-refractivity contribution in [1.82, 2.24) is 9.80 Å². The van der Waals surface area contributed by atoms with E-state index in [9.17, 15) is 9.59 Å². The normalized spacial score (nSPS) is 19.5. The van der Waals surface area contributed by atoms with Crippen LogP contribution in [0.2, 0.25) is 10.0 Å². The third-order valence-corrected chi connectivity index (χ3v) is 6.50. The number of hydrogen-bond donors (Lipinski definition) is 0. The highest BCUT2D eigenvalue weighted by molar-refractivity contribution is 6.35. The van der Waals surface area contributed by atoms with Gasteiger partial charge in [-0.25, -0.2) is 0 Å². The Labute approximate surface area is 192 Å². The molecule has 0 spiro atoms. The first kappa shape index (κ1) is 22.0. The summed E-state index contributed by atoms with van der Waals surface area (Å²) in [7, 11) is 0. The van der Waals surface area contributed by atoms with Gasteiger partial charge in [-0.1, -0.05) is 41.4 Å². The predicted octanol–water partition coefficient (Wildman–Crippen LogP) is 4.92. The molecule has 2 saturated heterocycles. The number of amides is 2. The summed E-state index contributed by atoms with van der Waals surface area (Å²) >= 11 is 12.1. The van der Waals surface area contributed by atoms with Gasteiger partial charge in [-0.05, 0) is 61.9 Å². The number of carbonyl (C=O) groups excluding carboxylic acids is 2. The van der Waals surface area contributed by atoms with Crippen molar-refractivity contribution in [2.75, 3.05) is 26.2 Å². The average molecular weight is 461 g/mol. The lowest BCUT2D eigenvalue weighted by Gasteiger charge is -2.35. The summed E-state index contributed by atoms with van der Waals surface area (Å²) in [5.41, 5.74) is 0.425. The van der Waals surface area contributed by atoms with Crippen LogP contribution in [-0.2, 0) is 4.79 Å². The van der Waals surface area contributed by atoms with Crippen LogP contribution in [-0.4, -0.2) is 53.9 Å². The number of para-hydroxylation sites is 1. The fourth-order valence-electron chi connectivity index (χ4n) is 4.37. The second-order valence-electron chi connectivity index (χ2n) is 8.21. The Kier molecular flexibility index (Phi) is 7.03. The van der Waals surface area contributed by atoms with Crippen molar-refractivity contribution >= 4 is 35.0 Å². The van der Waals surface area contributed by atoms with Crippen LogP contribution in [0.4, 0.5) is 0 Å². The lowest BCUT2D eigenvalue weighted by Crippen LogP contribution is -2.50. The van der Waals surface area contributed by atoms with E-state index in [1.54, 1.807) is 23.1 Å². The molecule has 2 amide bonds. The summed E-state index contributed by atoms with van der Waals surface area (Å²) in [6, 6.07) is 14.2. The number of likely N-dealkylation sites (tertiary alicyclic amines) is 2. The molecule has 0 bridgehead atoms. The fraction of sp³-hybridized carbons (Fsp3) is 0.417. The summed E-state index contributed by atoms with van der Waals surface area (Å²) in [6.07, 6.45) is 3.32. The smallest absolute Gasteiger partial charge is 0.254 e. The van der Waals surface area contributed by atoms with Crippen molar-refractivity contribution in [3.8, 4) is 5.75 Å². The quantitative estimate of drug-likeness (QED) is 0.636. The molecule has 1 atom stereocenters. The van der Waals surface area contributed by atoms with Crippen LogP contribution in [0.3, 0.4) is 0 Å². The van der Waals surface area contributed by atoms with Crippen molar-refractivity contribution in [3.63, 3.8) is 0 Å². The number of nitrogens with zero attached hydrogens (tertiary/aromatic N) is 2. The molecule has 7 heteroatoms. The van der Waals surface area contributed by atoms with Gasteiger partial charge < -0.3 is 14.5 Å². The Morgan fingerprint density at radius 1 is 0.935 bits per heavy atom.